The van der Waals surface area contributed by atoms with Crippen molar-refractivity contribution in [3.8, 4) is 0 Å². The minimum absolute atomic E-state index is 0.628. The normalized spacial score (nSPS) is 10.8. The number of hydrogen-bond donors (Lipinski definition) is 0. The molecule has 0 spiro atoms. The van der Waals surface area contributed by atoms with Gasteiger partial charge in [-0.3, -0.25) is 0 Å². The van der Waals surface area contributed by atoms with Gasteiger partial charge in [0.2, 0.25) is 0 Å². The van der Waals surface area contributed by atoms with Gasteiger partial charge in [0.15, 0.2) is 0 Å². The Morgan fingerprint density at radius 1 is 0.538 bits per heavy atom. The number of hydrogen-bond acceptors (Lipinski definition) is 4. The quantitative estimate of drug-likeness (QED) is 0.249. The minimum Gasteiger partial charge on any atom is -0.391 e. The molecule has 0 fully saturated rings. The molecule has 0 aromatic carbocycles. The molecule has 0 unspecified atom stereocenters. The Labute approximate surface area is 161 Å². The molecule has 0 aromatic heterocycles. The van der Waals surface area contributed by atoms with Gasteiger partial charge in [-0.2, -0.15) is 4.57 Å². The summed E-state index contributed by atoms with van der Waals surface area (Å²) >= 11 is 0. The molecule has 0 bridgehead atoms. The molecule has 4 nitrogen and oxygen atoms in total. The van der Waals surface area contributed by atoms with Gasteiger partial charge in [-0.25, -0.2) is 0 Å². The maximum absolute atomic E-state index is 13.5. The van der Waals surface area contributed by atoms with E-state index < -0.39 is 7.82 Å². The zero-order chi connectivity index (χ0) is 20.3. The standard InChI is InChI=1S/C21H39O4P/c1-10-19(11-2)16(7)23-26(22,24-17(8)20(12-3)13-4)25-18(9)21(14-5)15-6/h10-15H2,1-9H3. The highest BCUT2D eigenvalue weighted by Crippen LogP contribution is 2.56. The maximum Gasteiger partial charge on any atom is 0.646 e. The molecule has 0 aliphatic rings. The molecule has 0 rings (SSSR count). The van der Waals surface area contributed by atoms with Gasteiger partial charge in [0.1, 0.15) is 17.3 Å². The zero-order valence-corrected chi connectivity index (χ0v) is 19.2. The summed E-state index contributed by atoms with van der Waals surface area (Å²) in [5.74, 6) is 1.88. The topological polar surface area (TPSA) is 44.8 Å². The second kappa shape index (κ2) is 12.3. The first-order valence-corrected chi connectivity index (χ1v) is 11.4. The van der Waals surface area contributed by atoms with Crippen LogP contribution in [0.5, 0.6) is 0 Å². The fraction of sp³-hybridized carbons (Fsp3) is 0.714. The van der Waals surface area contributed by atoms with Crippen LogP contribution in [0, 0.1) is 0 Å². The monoisotopic (exact) mass is 386 g/mol. The van der Waals surface area contributed by atoms with Crippen LogP contribution in [0.25, 0.3) is 0 Å². The predicted octanol–water partition coefficient (Wildman–Crippen LogP) is 8.43. The molecular weight excluding hydrogens is 347 g/mol. The molecule has 0 radical (unpaired) electrons. The lowest BCUT2D eigenvalue weighted by Crippen LogP contribution is -2.02. The highest BCUT2D eigenvalue weighted by atomic mass is 31.2. The Hall–Kier alpha value is -1.15. The molecule has 0 atom stereocenters. The van der Waals surface area contributed by atoms with Gasteiger partial charge in [-0.05, 0) is 76.0 Å². The zero-order valence-electron chi connectivity index (χ0n) is 18.3. The van der Waals surface area contributed by atoms with Gasteiger partial charge in [0, 0.05) is 0 Å². The predicted molar refractivity (Wildman–Crippen MR) is 111 cm³/mol. The fourth-order valence-corrected chi connectivity index (χ4v) is 4.50. The van der Waals surface area contributed by atoms with Crippen LogP contribution in [0.15, 0.2) is 34.0 Å². The Kier molecular flexibility index (Phi) is 11.7. The molecule has 0 aliphatic heterocycles. The summed E-state index contributed by atoms with van der Waals surface area (Å²) in [7, 11) is -3.80. The van der Waals surface area contributed by atoms with Crippen LogP contribution < -0.4 is 0 Å². The maximum atomic E-state index is 13.5. The molecule has 152 valence electrons. The summed E-state index contributed by atoms with van der Waals surface area (Å²) in [6.45, 7) is 17.9. The number of phosphoric ester groups is 1. The largest absolute Gasteiger partial charge is 0.646 e. The lowest BCUT2D eigenvalue weighted by atomic mass is 10.1. The van der Waals surface area contributed by atoms with E-state index in [9.17, 15) is 4.57 Å². The lowest BCUT2D eigenvalue weighted by Gasteiger charge is -2.23. The summed E-state index contributed by atoms with van der Waals surface area (Å²) in [6.07, 6.45) is 5.06. The van der Waals surface area contributed by atoms with E-state index in [-0.39, 0.29) is 0 Å². The van der Waals surface area contributed by atoms with Crippen molar-refractivity contribution in [2.75, 3.05) is 0 Å². The number of allylic oxidation sites excluding steroid dienone is 6. The molecule has 0 N–H and O–H groups in total. The smallest absolute Gasteiger partial charge is 0.391 e. The van der Waals surface area contributed by atoms with Crippen LogP contribution in [0.3, 0.4) is 0 Å². The van der Waals surface area contributed by atoms with E-state index in [4.69, 9.17) is 13.6 Å². The Morgan fingerprint density at radius 3 is 0.885 bits per heavy atom. The van der Waals surface area contributed by atoms with Gasteiger partial charge in [0.25, 0.3) is 0 Å². The average molecular weight is 387 g/mol. The van der Waals surface area contributed by atoms with E-state index in [1.54, 1.807) is 0 Å². The third-order valence-corrected chi connectivity index (χ3v) is 6.29. The molecule has 0 saturated heterocycles. The molecule has 26 heavy (non-hydrogen) atoms. The third-order valence-electron chi connectivity index (χ3n) is 4.80. The summed E-state index contributed by atoms with van der Waals surface area (Å²) in [4.78, 5) is 0. The lowest BCUT2D eigenvalue weighted by molar-refractivity contribution is 0.190. The summed E-state index contributed by atoms with van der Waals surface area (Å²) in [5.41, 5.74) is 3.33. The molecular formula is C21H39O4P. The molecule has 0 aromatic rings. The van der Waals surface area contributed by atoms with Crippen LogP contribution in [0.2, 0.25) is 0 Å². The van der Waals surface area contributed by atoms with Crippen molar-refractivity contribution in [3.63, 3.8) is 0 Å². The van der Waals surface area contributed by atoms with Crippen molar-refractivity contribution < 1.29 is 18.1 Å². The number of rotatable bonds is 12. The van der Waals surface area contributed by atoms with Crippen molar-refractivity contribution in [1.29, 1.82) is 0 Å². The third kappa shape index (κ3) is 7.61. The first-order chi connectivity index (χ1) is 12.2. The highest BCUT2D eigenvalue weighted by Gasteiger charge is 2.34. The molecule has 0 aliphatic carbocycles. The molecule has 0 saturated carbocycles. The van der Waals surface area contributed by atoms with Crippen molar-refractivity contribution in [2.24, 2.45) is 0 Å². The van der Waals surface area contributed by atoms with Crippen molar-refractivity contribution in [1.82, 2.24) is 0 Å². The van der Waals surface area contributed by atoms with Gasteiger partial charge < -0.3 is 13.6 Å². The Morgan fingerprint density at radius 2 is 0.731 bits per heavy atom. The Balaban J connectivity index is 5.95. The summed E-state index contributed by atoms with van der Waals surface area (Å²) in [5, 5.41) is 0. The minimum atomic E-state index is -3.80. The van der Waals surface area contributed by atoms with Crippen LogP contribution in [0.4, 0.5) is 0 Å². The van der Waals surface area contributed by atoms with E-state index in [2.05, 4.69) is 41.5 Å². The van der Waals surface area contributed by atoms with Gasteiger partial charge in [-0.15, -0.1) is 0 Å². The van der Waals surface area contributed by atoms with Gasteiger partial charge >= 0.3 is 7.82 Å². The molecule has 0 heterocycles. The Bertz CT molecular complexity index is 486. The SMILES string of the molecule is CCC(CC)=C(C)OP(=O)(OC(C)=C(CC)CC)OC(C)=C(CC)CC. The first-order valence-electron chi connectivity index (χ1n) is 9.96. The van der Waals surface area contributed by atoms with Crippen LogP contribution in [-0.4, -0.2) is 0 Å². The first kappa shape index (κ1) is 24.8. The molecule has 0 amide bonds. The van der Waals surface area contributed by atoms with Crippen molar-refractivity contribution in [2.45, 2.75) is 101 Å². The van der Waals surface area contributed by atoms with Crippen molar-refractivity contribution >= 4 is 7.82 Å². The average Bonchev–Trinajstić information content (AvgIpc) is 2.57. The molecule has 5 heteroatoms. The van der Waals surface area contributed by atoms with Gasteiger partial charge in [0.05, 0.1) is 0 Å². The second-order valence-electron chi connectivity index (χ2n) is 6.32. The van der Waals surface area contributed by atoms with Crippen LogP contribution in [-0.2, 0) is 18.1 Å². The van der Waals surface area contributed by atoms with Crippen LogP contribution in [0.1, 0.15) is 101 Å². The van der Waals surface area contributed by atoms with E-state index in [1.807, 2.05) is 20.8 Å². The van der Waals surface area contributed by atoms with Gasteiger partial charge in [-0.1, -0.05) is 41.5 Å². The summed E-state index contributed by atoms with van der Waals surface area (Å²) < 4.78 is 31.0. The van der Waals surface area contributed by atoms with Crippen LogP contribution >= 0.6 is 7.82 Å². The van der Waals surface area contributed by atoms with E-state index in [0.717, 1.165) is 55.2 Å². The van der Waals surface area contributed by atoms with E-state index >= 15 is 0 Å². The summed E-state index contributed by atoms with van der Waals surface area (Å²) in [6, 6.07) is 0. The van der Waals surface area contributed by atoms with Crippen molar-refractivity contribution in [3.05, 3.63) is 34.0 Å². The number of phosphoric acid groups is 1. The second-order valence-corrected chi connectivity index (χ2v) is 7.76. The fourth-order valence-electron chi connectivity index (χ4n) is 3.00. The van der Waals surface area contributed by atoms with E-state index in [1.165, 1.54) is 0 Å². The highest BCUT2D eigenvalue weighted by molar-refractivity contribution is 7.48. The van der Waals surface area contributed by atoms with E-state index in [0.29, 0.717) is 17.3 Å².